The third-order valence-corrected chi connectivity index (χ3v) is 4.73. The lowest BCUT2D eigenvalue weighted by atomic mass is 9.89. The molecule has 0 unspecified atom stereocenters. The molecule has 2 aromatic carbocycles. The maximum atomic E-state index is 13.3. The molecule has 1 heterocycles. The minimum absolute atomic E-state index is 0.0951. The van der Waals surface area contributed by atoms with E-state index >= 15 is 0 Å². The van der Waals surface area contributed by atoms with Crippen LogP contribution in [0.2, 0.25) is 0 Å². The van der Waals surface area contributed by atoms with Crippen LogP contribution in [0.25, 0.3) is 0 Å². The third-order valence-electron chi connectivity index (χ3n) is 4.73. The third kappa shape index (κ3) is 4.02. The minimum Gasteiger partial charge on any atom is -0.446 e. The number of terminal acetylenes is 1. The summed E-state index contributed by atoms with van der Waals surface area (Å²) in [6, 6.07) is 17.6. The van der Waals surface area contributed by atoms with Crippen molar-refractivity contribution in [1.82, 2.24) is 4.90 Å². The lowest BCUT2D eigenvalue weighted by Crippen LogP contribution is -2.40. The predicted octanol–water partition coefficient (Wildman–Crippen LogP) is 3.47. The Balaban J connectivity index is 1.90. The second kappa shape index (κ2) is 8.52. The topological polar surface area (TPSA) is 66.8 Å². The van der Waals surface area contributed by atoms with Crippen molar-refractivity contribution >= 4 is 12.0 Å². The largest absolute Gasteiger partial charge is 0.446 e. The molecule has 1 aliphatic heterocycles. The highest BCUT2D eigenvalue weighted by Gasteiger charge is 2.43. The number of hydrogen-bond acceptors (Lipinski definition) is 4. The van der Waals surface area contributed by atoms with E-state index in [2.05, 4.69) is 5.92 Å². The molecule has 0 bridgehead atoms. The van der Waals surface area contributed by atoms with Crippen molar-refractivity contribution in [3.05, 3.63) is 71.8 Å². The Morgan fingerprint density at radius 2 is 1.81 bits per heavy atom. The lowest BCUT2D eigenvalue weighted by Gasteiger charge is -2.28. The zero-order valence-corrected chi connectivity index (χ0v) is 14.8. The summed E-state index contributed by atoms with van der Waals surface area (Å²) in [5.74, 6) is 1.20. The summed E-state index contributed by atoms with van der Waals surface area (Å²) >= 11 is 0. The van der Waals surface area contributed by atoms with Gasteiger partial charge in [0.15, 0.2) is 0 Å². The summed E-state index contributed by atoms with van der Waals surface area (Å²) in [7, 11) is 0. The van der Waals surface area contributed by atoms with Crippen LogP contribution in [-0.4, -0.2) is 28.6 Å². The lowest BCUT2D eigenvalue weighted by molar-refractivity contribution is -0.137. The molecule has 27 heavy (non-hydrogen) atoms. The molecule has 2 aromatic rings. The molecule has 0 saturated carbocycles. The van der Waals surface area contributed by atoms with E-state index in [0.29, 0.717) is 12.0 Å². The van der Waals surface area contributed by atoms with Crippen molar-refractivity contribution < 1.29 is 19.4 Å². The van der Waals surface area contributed by atoms with Crippen LogP contribution in [0.3, 0.4) is 0 Å². The molecule has 2 amide bonds. The number of rotatable bonds is 6. The number of nitrogens with zero attached hydrogens (tertiary/aromatic N) is 1. The molecule has 1 aliphatic rings. The van der Waals surface area contributed by atoms with Gasteiger partial charge in [0, 0.05) is 6.42 Å². The Morgan fingerprint density at radius 3 is 2.44 bits per heavy atom. The molecule has 3 atom stereocenters. The van der Waals surface area contributed by atoms with Crippen LogP contribution in [-0.2, 0) is 9.53 Å². The first-order valence-electron chi connectivity index (χ1n) is 8.84. The van der Waals surface area contributed by atoms with Crippen molar-refractivity contribution in [3.8, 4) is 12.3 Å². The number of carbonyl (C=O) groups excluding carboxylic acids is 2. The van der Waals surface area contributed by atoms with Gasteiger partial charge in [-0.2, -0.15) is 0 Å². The van der Waals surface area contributed by atoms with E-state index in [1.165, 1.54) is 0 Å². The monoisotopic (exact) mass is 363 g/mol. The summed E-state index contributed by atoms with van der Waals surface area (Å²) < 4.78 is 5.14. The fourth-order valence-electron chi connectivity index (χ4n) is 3.30. The molecule has 5 nitrogen and oxygen atoms in total. The van der Waals surface area contributed by atoms with Gasteiger partial charge in [-0.25, -0.2) is 9.69 Å². The van der Waals surface area contributed by atoms with Crippen molar-refractivity contribution in [1.29, 1.82) is 0 Å². The minimum atomic E-state index is -1.06. The Hall–Kier alpha value is -3.10. The van der Waals surface area contributed by atoms with Crippen LogP contribution >= 0.6 is 0 Å². The van der Waals surface area contributed by atoms with Gasteiger partial charge < -0.3 is 9.84 Å². The number of hydrogen-bond donors (Lipinski definition) is 1. The van der Waals surface area contributed by atoms with Gasteiger partial charge in [-0.15, -0.1) is 12.3 Å². The number of ether oxygens (including phenoxy) is 1. The van der Waals surface area contributed by atoms with Crippen molar-refractivity contribution in [2.45, 2.75) is 25.0 Å². The van der Waals surface area contributed by atoms with Crippen LogP contribution in [0, 0.1) is 18.3 Å². The van der Waals surface area contributed by atoms with Gasteiger partial charge in [0.1, 0.15) is 12.6 Å². The van der Waals surface area contributed by atoms with Gasteiger partial charge in [0.05, 0.1) is 12.0 Å². The molecule has 5 heteroatoms. The smallest absolute Gasteiger partial charge is 0.417 e. The highest BCUT2D eigenvalue weighted by molar-refractivity contribution is 5.95. The van der Waals surface area contributed by atoms with Crippen LogP contribution in [0.15, 0.2) is 60.7 Å². The Kier molecular flexibility index (Phi) is 5.90. The second-order valence-corrected chi connectivity index (χ2v) is 6.42. The average molecular weight is 363 g/mol. The molecule has 1 fully saturated rings. The van der Waals surface area contributed by atoms with Gasteiger partial charge in [-0.1, -0.05) is 60.7 Å². The number of benzene rings is 2. The first-order chi connectivity index (χ1) is 13.1. The maximum absolute atomic E-state index is 13.3. The van der Waals surface area contributed by atoms with E-state index in [9.17, 15) is 14.7 Å². The van der Waals surface area contributed by atoms with Crippen LogP contribution in [0.1, 0.15) is 36.1 Å². The quantitative estimate of drug-likeness (QED) is 0.798. The predicted molar refractivity (Wildman–Crippen MR) is 100 cm³/mol. The molecule has 1 saturated heterocycles. The van der Waals surface area contributed by atoms with Crippen LogP contribution in [0.5, 0.6) is 0 Å². The molecule has 138 valence electrons. The number of amides is 2. The average Bonchev–Trinajstić information content (AvgIpc) is 3.10. The van der Waals surface area contributed by atoms with Crippen molar-refractivity contribution in [3.63, 3.8) is 0 Å². The maximum Gasteiger partial charge on any atom is 0.417 e. The van der Waals surface area contributed by atoms with Crippen molar-refractivity contribution in [2.24, 2.45) is 5.92 Å². The Bertz CT molecular complexity index is 828. The molecule has 1 N–H and O–H groups in total. The number of cyclic esters (lactones) is 1. The molecule has 0 radical (unpaired) electrons. The summed E-state index contributed by atoms with van der Waals surface area (Å²) in [6.07, 6.45) is 4.21. The summed E-state index contributed by atoms with van der Waals surface area (Å²) in [5, 5.41) is 10.8. The first kappa shape index (κ1) is 18.7. The van der Waals surface area contributed by atoms with Crippen LogP contribution in [0.4, 0.5) is 4.79 Å². The van der Waals surface area contributed by atoms with E-state index in [0.717, 1.165) is 10.5 Å². The first-order valence-corrected chi connectivity index (χ1v) is 8.84. The molecular formula is C22H21NO4. The van der Waals surface area contributed by atoms with Gasteiger partial charge in [-0.05, 0) is 17.5 Å². The molecule has 0 aliphatic carbocycles. The van der Waals surface area contributed by atoms with E-state index in [-0.39, 0.29) is 13.0 Å². The number of imide groups is 1. The SMILES string of the molecule is C#CCC[C@@H](C(=O)N1C(=O)OC[C@@H]1c1ccccc1)[C@H](O)c1ccccc1. The van der Waals surface area contributed by atoms with E-state index in [4.69, 9.17) is 11.2 Å². The number of aliphatic hydroxyl groups excluding tert-OH is 1. The van der Waals surface area contributed by atoms with Crippen LogP contribution < -0.4 is 0 Å². The Morgan fingerprint density at radius 1 is 1.19 bits per heavy atom. The molecule has 0 spiro atoms. The van der Waals surface area contributed by atoms with E-state index in [1.54, 1.807) is 24.3 Å². The van der Waals surface area contributed by atoms with E-state index in [1.807, 2.05) is 36.4 Å². The molecule has 0 aromatic heterocycles. The highest BCUT2D eigenvalue weighted by Crippen LogP contribution is 2.34. The van der Waals surface area contributed by atoms with Gasteiger partial charge >= 0.3 is 6.09 Å². The molecular weight excluding hydrogens is 342 g/mol. The zero-order valence-electron chi connectivity index (χ0n) is 14.8. The van der Waals surface area contributed by atoms with Crippen molar-refractivity contribution in [2.75, 3.05) is 6.61 Å². The fourth-order valence-corrected chi connectivity index (χ4v) is 3.30. The second-order valence-electron chi connectivity index (χ2n) is 6.42. The summed E-state index contributed by atoms with van der Waals surface area (Å²) in [4.78, 5) is 26.7. The summed E-state index contributed by atoms with van der Waals surface area (Å²) in [6.45, 7) is 0.0951. The number of carbonyl (C=O) groups is 2. The number of aliphatic hydroxyl groups is 1. The van der Waals surface area contributed by atoms with Gasteiger partial charge in [-0.3, -0.25) is 4.79 Å². The zero-order chi connectivity index (χ0) is 19.2. The normalized spacial score (nSPS) is 18.4. The highest BCUT2D eigenvalue weighted by atomic mass is 16.6. The standard InChI is InChI=1S/C22H21NO4/c1-2-3-14-18(20(24)17-12-8-5-9-13-17)21(25)23-19(15-27-22(23)26)16-10-6-4-7-11-16/h1,4-13,18-20,24H,3,14-15H2/t18-,19-,20-/m1/s1. The van der Waals surface area contributed by atoms with Gasteiger partial charge in [0.2, 0.25) is 5.91 Å². The summed E-state index contributed by atoms with van der Waals surface area (Å²) in [5.41, 5.74) is 1.42. The van der Waals surface area contributed by atoms with E-state index < -0.39 is 30.1 Å². The molecule has 3 rings (SSSR count). The fraction of sp³-hybridized carbons (Fsp3) is 0.273. The van der Waals surface area contributed by atoms with Gasteiger partial charge in [0.25, 0.3) is 0 Å². The Labute approximate surface area is 158 Å².